The van der Waals surface area contributed by atoms with Crippen molar-refractivity contribution in [2.75, 3.05) is 25.1 Å². The summed E-state index contributed by atoms with van der Waals surface area (Å²) in [5.41, 5.74) is 0.456. The van der Waals surface area contributed by atoms with Gasteiger partial charge in [-0.1, -0.05) is 15.9 Å². The maximum Gasteiger partial charge on any atom is 0.272 e. The summed E-state index contributed by atoms with van der Waals surface area (Å²) < 4.78 is 6.26. The number of pyridine rings is 1. The van der Waals surface area contributed by atoms with E-state index in [4.69, 9.17) is 4.74 Å². The molecular weight excluding hydrogens is 376 g/mol. The maximum absolute atomic E-state index is 12.3. The first-order valence-corrected chi connectivity index (χ1v) is 8.04. The smallest absolute Gasteiger partial charge is 0.272 e. The number of halogens is 2. The first-order valence-electron chi connectivity index (χ1n) is 6.12. The second-order valence-corrected chi connectivity index (χ2v) is 5.96. The summed E-state index contributed by atoms with van der Waals surface area (Å²) in [6.45, 7) is 5.73. The molecule has 0 aliphatic carbocycles. The number of carbonyl (C=O) groups is 1. The average molecular weight is 394 g/mol. The highest BCUT2D eigenvalue weighted by Crippen LogP contribution is 2.11. The Bertz CT molecular complexity index is 396. The number of hydrogen-bond donors (Lipinski definition) is 0. The molecule has 1 aromatic rings. The molecule has 1 aromatic heterocycles. The molecule has 0 N–H and O–H groups in total. The highest BCUT2D eigenvalue weighted by atomic mass is 79.9. The monoisotopic (exact) mass is 392 g/mol. The van der Waals surface area contributed by atoms with E-state index in [9.17, 15) is 4.79 Å². The molecule has 0 aliphatic rings. The molecule has 1 rings (SSSR count). The molecule has 0 radical (unpaired) electrons. The van der Waals surface area contributed by atoms with Crippen LogP contribution in [0.25, 0.3) is 0 Å². The van der Waals surface area contributed by atoms with Crippen LogP contribution in [0.15, 0.2) is 22.8 Å². The molecule has 0 bridgehead atoms. The molecule has 0 unspecified atom stereocenters. The Labute approximate surface area is 130 Å². The average Bonchev–Trinajstić information content (AvgIpc) is 2.38. The van der Waals surface area contributed by atoms with Crippen molar-refractivity contribution in [2.45, 2.75) is 19.9 Å². The molecule has 19 heavy (non-hydrogen) atoms. The number of rotatable bonds is 7. The minimum absolute atomic E-state index is 0.0649. The third-order valence-corrected chi connectivity index (χ3v) is 3.32. The molecule has 0 spiro atoms. The summed E-state index contributed by atoms with van der Waals surface area (Å²) in [5.74, 6) is -0.0649. The molecule has 0 saturated carbocycles. The van der Waals surface area contributed by atoms with Gasteiger partial charge in [-0.2, -0.15) is 0 Å². The van der Waals surface area contributed by atoms with E-state index in [1.165, 1.54) is 0 Å². The van der Waals surface area contributed by atoms with Crippen molar-refractivity contribution >= 4 is 37.8 Å². The molecular formula is C13H18Br2N2O2. The van der Waals surface area contributed by atoms with Crippen molar-refractivity contribution in [3.05, 3.63) is 28.5 Å². The predicted octanol–water partition coefficient (Wildman–Crippen LogP) is 3.11. The molecule has 0 aromatic carbocycles. The lowest BCUT2D eigenvalue weighted by Gasteiger charge is -2.26. The lowest BCUT2D eigenvalue weighted by atomic mass is 10.2. The Morgan fingerprint density at radius 3 is 2.68 bits per heavy atom. The molecule has 1 amide bonds. The third kappa shape index (κ3) is 5.58. The van der Waals surface area contributed by atoms with E-state index >= 15 is 0 Å². The van der Waals surface area contributed by atoms with Crippen LogP contribution in [0.4, 0.5) is 0 Å². The Hall–Kier alpha value is -0.460. The van der Waals surface area contributed by atoms with E-state index in [1.807, 2.05) is 19.9 Å². The molecule has 0 aliphatic heterocycles. The van der Waals surface area contributed by atoms with Gasteiger partial charge in [0.15, 0.2) is 0 Å². The minimum atomic E-state index is -0.0649. The number of hydrogen-bond acceptors (Lipinski definition) is 3. The van der Waals surface area contributed by atoms with Crippen LogP contribution in [0, 0.1) is 0 Å². The number of nitrogens with zero attached hydrogens (tertiary/aromatic N) is 2. The standard InChI is InChI=1S/C13H18Br2N2O2/c1-10(2)17(6-8-19-7-5-14)13(18)12-4-3-11(15)9-16-12/h3-4,9-10H,5-8H2,1-2H3. The van der Waals surface area contributed by atoms with Crippen LogP contribution < -0.4 is 0 Å². The van der Waals surface area contributed by atoms with Crippen LogP contribution in [0.5, 0.6) is 0 Å². The number of aromatic nitrogens is 1. The van der Waals surface area contributed by atoms with E-state index < -0.39 is 0 Å². The number of ether oxygens (including phenoxy) is 1. The van der Waals surface area contributed by atoms with Crippen LogP contribution in [-0.2, 0) is 4.74 Å². The Morgan fingerprint density at radius 1 is 1.42 bits per heavy atom. The zero-order valence-electron chi connectivity index (χ0n) is 11.1. The van der Waals surface area contributed by atoms with Gasteiger partial charge in [0.25, 0.3) is 5.91 Å². The summed E-state index contributed by atoms with van der Waals surface area (Å²) in [6, 6.07) is 3.66. The van der Waals surface area contributed by atoms with Gasteiger partial charge in [0, 0.05) is 28.6 Å². The normalized spacial score (nSPS) is 10.8. The van der Waals surface area contributed by atoms with Crippen LogP contribution >= 0.6 is 31.9 Å². The summed E-state index contributed by atoms with van der Waals surface area (Å²) in [7, 11) is 0. The zero-order valence-corrected chi connectivity index (χ0v) is 14.3. The molecule has 6 heteroatoms. The van der Waals surface area contributed by atoms with Crippen molar-refractivity contribution in [3.63, 3.8) is 0 Å². The van der Waals surface area contributed by atoms with Crippen molar-refractivity contribution in [1.82, 2.24) is 9.88 Å². The highest BCUT2D eigenvalue weighted by molar-refractivity contribution is 9.10. The van der Waals surface area contributed by atoms with Gasteiger partial charge in [-0.3, -0.25) is 4.79 Å². The maximum atomic E-state index is 12.3. The number of amides is 1. The highest BCUT2D eigenvalue weighted by Gasteiger charge is 2.19. The van der Waals surface area contributed by atoms with Crippen molar-refractivity contribution in [1.29, 1.82) is 0 Å². The largest absolute Gasteiger partial charge is 0.379 e. The van der Waals surface area contributed by atoms with E-state index in [2.05, 4.69) is 36.8 Å². The fourth-order valence-electron chi connectivity index (χ4n) is 1.56. The molecule has 0 fully saturated rings. The van der Waals surface area contributed by atoms with Crippen LogP contribution in [0.1, 0.15) is 24.3 Å². The molecule has 106 valence electrons. The zero-order chi connectivity index (χ0) is 14.3. The molecule has 1 heterocycles. The Balaban J connectivity index is 2.64. The molecule has 0 saturated heterocycles. The summed E-state index contributed by atoms with van der Waals surface area (Å²) >= 11 is 6.61. The predicted molar refractivity (Wildman–Crippen MR) is 82.7 cm³/mol. The van der Waals surface area contributed by atoms with E-state index in [1.54, 1.807) is 17.2 Å². The fraction of sp³-hybridized carbons (Fsp3) is 0.538. The van der Waals surface area contributed by atoms with E-state index in [0.717, 1.165) is 9.80 Å². The Morgan fingerprint density at radius 2 is 2.16 bits per heavy atom. The lowest BCUT2D eigenvalue weighted by Crippen LogP contribution is -2.39. The first kappa shape index (κ1) is 16.6. The van der Waals surface area contributed by atoms with Crippen LogP contribution in [-0.4, -0.2) is 46.9 Å². The summed E-state index contributed by atoms with van der Waals surface area (Å²) in [5, 5.41) is 0.802. The van der Waals surface area contributed by atoms with Gasteiger partial charge < -0.3 is 9.64 Å². The van der Waals surface area contributed by atoms with Crippen molar-refractivity contribution < 1.29 is 9.53 Å². The van der Waals surface area contributed by atoms with Crippen LogP contribution in [0.3, 0.4) is 0 Å². The van der Waals surface area contributed by atoms with Gasteiger partial charge in [0.2, 0.25) is 0 Å². The lowest BCUT2D eigenvalue weighted by molar-refractivity contribution is 0.0591. The summed E-state index contributed by atoms with van der Waals surface area (Å²) in [6.07, 6.45) is 1.63. The van der Waals surface area contributed by atoms with E-state index in [-0.39, 0.29) is 11.9 Å². The van der Waals surface area contributed by atoms with Crippen molar-refractivity contribution in [3.8, 4) is 0 Å². The molecule has 0 atom stereocenters. The van der Waals surface area contributed by atoms with Crippen molar-refractivity contribution in [2.24, 2.45) is 0 Å². The first-order chi connectivity index (χ1) is 9.06. The van der Waals surface area contributed by atoms with Gasteiger partial charge >= 0.3 is 0 Å². The SMILES string of the molecule is CC(C)N(CCOCCBr)C(=O)c1ccc(Br)cn1. The number of alkyl halides is 1. The number of carbonyl (C=O) groups excluding carboxylic acids is 1. The van der Waals surface area contributed by atoms with Crippen LogP contribution in [0.2, 0.25) is 0 Å². The fourth-order valence-corrected chi connectivity index (χ4v) is 2.03. The third-order valence-electron chi connectivity index (χ3n) is 2.53. The molecule has 4 nitrogen and oxygen atoms in total. The topological polar surface area (TPSA) is 42.4 Å². The van der Waals surface area contributed by atoms with Gasteiger partial charge in [0.1, 0.15) is 5.69 Å². The second kappa shape index (κ2) is 8.66. The van der Waals surface area contributed by atoms with E-state index in [0.29, 0.717) is 25.5 Å². The Kier molecular flexibility index (Phi) is 7.56. The van der Waals surface area contributed by atoms with Gasteiger partial charge in [-0.25, -0.2) is 4.98 Å². The second-order valence-electron chi connectivity index (χ2n) is 4.26. The van der Waals surface area contributed by atoms with Gasteiger partial charge in [0.05, 0.1) is 13.2 Å². The van der Waals surface area contributed by atoms with Gasteiger partial charge in [-0.05, 0) is 41.9 Å². The van der Waals surface area contributed by atoms with Gasteiger partial charge in [-0.15, -0.1) is 0 Å². The summed E-state index contributed by atoms with van der Waals surface area (Å²) in [4.78, 5) is 18.3. The minimum Gasteiger partial charge on any atom is -0.379 e. The quantitative estimate of drug-likeness (QED) is 0.528.